The Kier molecular flexibility index (Phi) is 3.40. The predicted molar refractivity (Wildman–Crippen MR) is 90.2 cm³/mol. The number of methoxy groups -OCH3 is 1. The van der Waals surface area contributed by atoms with Gasteiger partial charge in [0, 0.05) is 6.54 Å². The van der Waals surface area contributed by atoms with E-state index in [0.717, 1.165) is 41.8 Å². The fourth-order valence-electron chi connectivity index (χ4n) is 3.44. The molecule has 6 nitrogen and oxygen atoms in total. The van der Waals surface area contributed by atoms with Crippen molar-refractivity contribution in [1.82, 2.24) is 19.3 Å². The average molecular weight is 324 g/mol. The van der Waals surface area contributed by atoms with E-state index in [-0.39, 0.29) is 5.97 Å². The first-order valence-corrected chi connectivity index (χ1v) is 8.17. The molecule has 0 spiro atoms. The van der Waals surface area contributed by atoms with E-state index in [1.54, 1.807) is 0 Å². The third-order valence-corrected chi connectivity index (χ3v) is 4.86. The summed E-state index contributed by atoms with van der Waals surface area (Å²) in [5.74, 6) is -0.301. The molecule has 24 heavy (non-hydrogen) atoms. The van der Waals surface area contributed by atoms with Gasteiger partial charge in [-0.05, 0) is 49.9 Å². The Hall–Kier alpha value is -2.63. The Morgan fingerprint density at radius 3 is 2.88 bits per heavy atom. The first-order chi connectivity index (χ1) is 11.6. The minimum atomic E-state index is -0.301. The molecule has 124 valence electrons. The molecule has 6 heteroatoms. The molecular weight excluding hydrogens is 304 g/mol. The number of carbonyl (C=O) groups is 1. The summed E-state index contributed by atoms with van der Waals surface area (Å²) < 4.78 is 8.97. The van der Waals surface area contributed by atoms with Gasteiger partial charge >= 0.3 is 5.97 Å². The van der Waals surface area contributed by atoms with Crippen LogP contribution >= 0.6 is 0 Å². The number of ether oxygens (including phenoxy) is 1. The first kappa shape index (κ1) is 14.9. The molecule has 0 aliphatic carbocycles. The van der Waals surface area contributed by atoms with Gasteiger partial charge in [0.1, 0.15) is 5.56 Å². The summed E-state index contributed by atoms with van der Waals surface area (Å²) >= 11 is 0. The van der Waals surface area contributed by atoms with Gasteiger partial charge in [0.25, 0.3) is 0 Å². The fourth-order valence-corrected chi connectivity index (χ4v) is 3.44. The average Bonchev–Trinajstić information content (AvgIpc) is 3.23. The van der Waals surface area contributed by atoms with Gasteiger partial charge in [0.2, 0.25) is 0 Å². The lowest BCUT2D eigenvalue weighted by Gasteiger charge is -2.06. The van der Waals surface area contributed by atoms with E-state index in [2.05, 4.69) is 36.1 Å². The van der Waals surface area contributed by atoms with Gasteiger partial charge in [0.15, 0.2) is 0 Å². The van der Waals surface area contributed by atoms with Crippen molar-refractivity contribution >= 4 is 17.0 Å². The van der Waals surface area contributed by atoms with Crippen molar-refractivity contribution in [2.75, 3.05) is 7.11 Å². The van der Waals surface area contributed by atoms with Crippen molar-refractivity contribution in [2.24, 2.45) is 0 Å². The molecule has 0 N–H and O–H groups in total. The Morgan fingerprint density at radius 2 is 2.08 bits per heavy atom. The Balaban J connectivity index is 1.79. The van der Waals surface area contributed by atoms with Gasteiger partial charge in [-0.2, -0.15) is 5.10 Å². The van der Waals surface area contributed by atoms with Gasteiger partial charge in [-0.25, -0.2) is 9.78 Å². The van der Waals surface area contributed by atoms with Crippen molar-refractivity contribution in [3.8, 4) is 0 Å². The van der Waals surface area contributed by atoms with E-state index in [1.165, 1.54) is 18.2 Å². The van der Waals surface area contributed by atoms with Crippen molar-refractivity contribution in [3.63, 3.8) is 0 Å². The fraction of sp³-hybridized carbons (Fsp3) is 0.389. The van der Waals surface area contributed by atoms with Crippen LogP contribution in [-0.4, -0.2) is 32.4 Å². The lowest BCUT2D eigenvalue weighted by atomic mass is 10.1. The maximum atomic E-state index is 12.2. The van der Waals surface area contributed by atoms with Crippen LogP contribution in [-0.2, 0) is 24.2 Å². The standard InChI is InChI=1S/C18H20N4O2/c1-11-7-13-16(8-12(11)2)21(10-19-13)9-14-17(18(23)24-3)15-5-4-6-22(15)20-14/h7-8,10H,4-6,9H2,1-3H3. The molecule has 4 rings (SSSR count). The number of hydrogen-bond donors (Lipinski definition) is 0. The molecule has 2 aromatic heterocycles. The monoisotopic (exact) mass is 324 g/mol. The van der Waals surface area contributed by atoms with Gasteiger partial charge in [-0.1, -0.05) is 0 Å². The zero-order valence-electron chi connectivity index (χ0n) is 14.2. The number of esters is 1. The number of imidazole rings is 1. The summed E-state index contributed by atoms with van der Waals surface area (Å²) in [4.78, 5) is 16.7. The summed E-state index contributed by atoms with van der Waals surface area (Å²) in [5, 5.41) is 4.65. The second-order valence-electron chi connectivity index (χ2n) is 6.38. The number of carbonyl (C=O) groups excluding carboxylic acids is 1. The topological polar surface area (TPSA) is 61.9 Å². The summed E-state index contributed by atoms with van der Waals surface area (Å²) in [7, 11) is 1.42. The highest BCUT2D eigenvalue weighted by Gasteiger charge is 2.27. The smallest absolute Gasteiger partial charge is 0.341 e. The molecule has 0 amide bonds. The maximum absolute atomic E-state index is 12.2. The second-order valence-corrected chi connectivity index (χ2v) is 6.38. The highest BCUT2D eigenvalue weighted by atomic mass is 16.5. The minimum absolute atomic E-state index is 0.301. The number of aromatic nitrogens is 4. The van der Waals surface area contributed by atoms with Crippen molar-refractivity contribution in [3.05, 3.63) is 46.5 Å². The largest absolute Gasteiger partial charge is 0.465 e. The SMILES string of the molecule is COC(=O)c1c(Cn2cnc3cc(C)c(C)cc32)nn2c1CCC2. The van der Waals surface area contributed by atoms with E-state index in [9.17, 15) is 4.79 Å². The van der Waals surface area contributed by atoms with E-state index in [4.69, 9.17) is 4.74 Å². The molecule has 1 aromatic carbocycles. The Morgan fingerprint density at radius 1 is 1.29 bits per heavy atom. The molecule has 0 unspecified atom stereocenters. The molecule has 0 radical (unpaired) electrons. The van der Waals surface area contributed by atoms with Crippen LogP contribution in [0.15, 0.2) is 18.5 Å². The van der Waals surface area contributed by atoms with Crippen molar-refractivity contribution < 1.29 is 9.53 Å². The van der Waals surface area contributed by atoms with Gasteiger partial charge in [-0.3, -0.25) is 4.68 Å². The third kappa shape index (κ3) is 2.21. The predicted octanol–water partition coefficient (Wildman–Crippen LogP) is 2.63. The number of fused-ring (bicyclic) bond motifs is 2. The van der Waals surface area contributed by atoms with Crippen LogP contribution in [0.1, 0.15) is 39.3 Å². The third-order valence-electron chi connectivity index (χ3n) is 4.86. The molecule has 3 heterocycles. The van der Waals surface area contributed by atoms with Crippen molar-refractivity contribution in [2.45, 2.75) is 39.8 Å². The molecular formula is C18H20N4O2. The van der Waals surface area contributed by atoms with Crippen LogP contribution in [0.5, 0.6) is 0 Å². The first-order valence-electron chi connectivity index (χ1n) is 8.17. The summed E-state index contributed by atoms with van der Waals surface area (Å²) in [6, 6.07) is 4.23. The molecule has 0 saturated heterocycles. The number of hydrogen-bond acceptors (Lipinski definition) is 4. The Bertz CT molecular complexity index is 952. The van der Waals surface area contributed by atoms with Crippen LogP contribution in [0.25, 0.3) is 11.0 Å². The highest BCUT2D eigenvalue weighted by molar-refractivity contribution is 5.92. The zero-order valence-corrected chi connectivity index (χ0v) is 14.2. The number of benzene rings is 1. The van der Waals surface area contributed by atoms with Crippen LogP contribution < -0.4 is 0 Å². The van der Waals surface area contributed by atoms with E-state index >= 15 is 0 Å². The number of nitrogens with zero attached hydrogens (tertiary/aromatic N) is 4. The van der Waals surface area contributed by atoms with Crippen molar-refractivity contribution in [1.29, 1.82) is 0 Å². The lowest BCUT2D eigenvalue weighted by molar-refractivity contribution is 0.0598. The highest BCUT2D eigenvalue weighted by Crippen LogP contribution is 2.25. The Labute approximate surface area is 140 Å². The van der Waals surface area contributed by atoms with Crippen LogP contribution in [0, 0.1) is 13.8 Å². The maximum Gasteiger partial charge on any atom is 0.341 e. The molecule has 3 aromatic rings. The summed E-state index contributed by atoms with van der Waals surface area (Å²) in [6.45, 7) is 5.56. The molecule has 1 aliphatic rings. The molecule has 0 atom stereocenters. The van der Waals surface area contributed by atoms with Gasteiger partial charge < -0.3 is 9.30 Å². The van der Waals surface area contributed by atoms with Gasteiger partial charge in [-0.15, -0.1) is 0 Å². The number of rotatable bonds is 3. The number of aryl methyl sites for hydroxylation is 3. The van der Waals surface area contributed by atoms with E-state index < -0.39 is 0 Å². The normalized spacial score (nSPS) is 13.5. The molecule has 0 fully saturated rings. The lowest BCUT2D eigenvalue weighted by Crippen LogP contribution is -2.09. The summed E-state index contributed by atoms with van der Waals surface area (Å²) in [6.07, 6.45) is 3.72. The summed E-state index contributed by atoms with van der Waals surface area (Å²) in [5.41, 5.74) is 6.85. The van der Waals surface area contributed by atoms with Crippen LogP contribution in [0.3, 0.4) is 0 Å². The van der Waals surface area contributed by atoms with E-state index in [1.807, 2.05) is 15.6 Å². The molecule has 0 bridgehead atoms. The van der Waals surface area contributed by atoms with Crippen LogP contribution in [0.2, 0.25) is 0 Å². The molecule has 0 saturated carbocycles. The minimum Gasteiger partial charge on any atom is -0.465 e. The quantitative estimate of drug-likeness (QED) is 0.695. The zero-order chi connectivity index (χ0) is 16.8. The van der Waals surface area contributed by atoms with E-state index in [0.29, 0.717) is 12.1 Å². The second kappa shape index (κ2) is 5.47. The van der Waals surface area contributed by atoms with Gasteiger partial charge in [0.05, 0.1) is 42.4 Å². The van der Waals surface area contributed by atoms with Crippen LogP contribution in [0.4, 0.5) is 0 Å². The molecule has 1 aliphatic heterocycles.